The topological polar surface area (TPSA) is 40.7 Å². The summed E-state index contributed by atoms with van der Waals surface area (Å²) < 4.78 is 0. The predicted octanol–water partition coefficient (Wildman–Crippen LogP) is 1.57. The van der Waals surface area contributed by atoms with E-state index in [0.29, 0.717) is 0 Å². The van der Waals surface area contributed by atoms with Gasteiger partial charge in [0.1, 0.15) is 0 Å². The number of nitrogens with zero attached hydrogens (tertiary/aromatic N) is 1. The smallest absolute Gasteiger partial charge is 0.0926 e. The van der Waals surface area contributed by atoms with Crippen molar-refractivity contribution < 1.29 is 0 Å². The SMILES string of the molecule is CC1CCCC12NCCc1[nH]cnc12. The van der Waals surface area contributed by atoms with Crippen LogP contribution in [0.3, 0.4) is 0 Å². The molecule has 3 heteroatoms. The molecule has 1 aliphatic heterocycles. The monoisotopic (exact) mass is 191 g/mol. The van der Waals surface area contributed by atoms with Gasteiger partial charge in [0.2, 0.25) is 0 Å². The molecule has 2 atom stereocenters. The van der Waals surface area contributed by atoms with E-state index in [1.54, 1.807) is 0 Å². The van der Waals surface area contributed by atoms with Gasteiger partial charge in [0.05, 0.1) is 17.6 Å². The number of aromatic nitrogens is 2. The van der Waals surface area contributed by atoms with Crippen molar-refractivity contribution >= 4 is 0 Å². The van der Waals surface area contributed by atoms with Gasteiger partial charge < -0.3 is 10.3 Å². The molecule has 76 valence electrons. The number of hydrogen-bond donors (Lipinski definition) is 2. The van der Waals surface area contributed by atoms with Crippen LogP contribution in [0.15, 0.2) is 6.33 Å². The van der Waals surface area contributed by atoms with E-state index < -0.39 is 0 Å². The summed E-state index contributed by atoms with van der Waals surface area (Å²) in [7, 11) is 0. The van der Waals surface area contributed by atoms with Gasteiger partial charge in [-0.25, -0.2) is 4.98 Å². The quantitative estimate of drug-likeness (QED) is 0.653. The van der Waals surface area contributed by atoms with Crippen molar-refractivity contribution in [3.05, 3.63) is 17.7 Å². The molecule has 2 unspecified atom stereocenters. The molecule has 2 N–H and O–H groups in total. The van der Waals surface area contributed by atoms with E-state index in [4.69, 9.17) is 0 Å². The molecule has 0 radical (unpaired) electrons. The number of nitrogens with one attached hydrogen (secondary N) is 2. The molecule has 2 aliphatic rings. The van der Waals surface area contributed by atoms with Crippen molar-refractivity contribution in [1.82, 2.24) is 15.3 Å². The van der Waals surface area contributed by atoms with E-state index in [2.05, 4.69) is 22.2 Å². The highest BCUT2D eigenvalue weighted by Crippen LogP contribution is 2.44. The normalized spacial score (nSPS) is 36.2. The van der Waals surface area contributed by atoms with Crippen LogP contribution in [0, 0.1) is 5.92 Å². The maximum atomic E-state index is 4.52. The lowest BCUT2D eigenvalue weighted by molar-refractivity contribution is 0.242. The highest BCUT2D eigenvalue weighted by Gasteiger charge is 2.45. The van der Waals surface area contributed by atoms with Crippen LogP contribution in [0.4, 0.5) is 0 Å². The number of hydrogen-bond acceptors (Lipinski definition) is 2. The van der Waals surface area contributed by atoms with E-state index in [0.717, 1.165) is 18.9 Å². The molecule has 3 nitrogen and oxygen atoms in total. The minimum absolute atomic E-state index is 0.202. The first-order chi connectivity index (χ1) is 6.83. The largest absolute Gasteiger partial charge is 0.348 e. The molecule has 0 bridgehead atoms. The zero-order valence-corrected chi connectivity index (χ0v) is 8.64. The van der Waals surface area contributed by atoms with Crippen molar-refractivity contribution in [2.24, 2.45) is 5.92 Å². The Bertz CT molecular complexity index is 344. The second-order valence-corrected chi connectivity index (χ2v) is 4.67. The maximum absolute atomic E-state index is 4.52. The van der Waals surface area contributed by atoms with Crippen LogP contribution in [-0.4, -0.2) is 16.5 Å². The molecule has 0 amide bonds. The maximum Gasteiger partial charge on any atom is 0.0926 e. The number of aromatic amines is 1. The number of H-pyrrole nitrogens is 1. The van der Waals surface area contributed by atoms with Crippen LogP contribution >= 0.6 is 0 Å². The first-order valence-electron chi connectivity index (χ1n) is 5.61. The third kappa shape index (κ3) is 0.934. The first-order valence-corrected chi connectivity index (χ1v) is 5.61. The van der Waals surface area contributed by atoms with Crippen molar-refractivity contribution in [2.45, 2.75) is 38.1 Å². The summed E-state index contributed by atoms with van der Waals surface area (Å²) in [5.41, 5.74) is 2.86. The highest BCUT2D eigenvalue weighted by atomic mass is 15.1. The average Bonchev–Trinajstić information content (AvgIpc) is 2.76. The van der Waals surface area contributed by atoms with E-state index in [1.807, 2.05) is 6.33 Å². The van der Waals surface area contributed by atoms with Gasteiger partial charge in [-0.3, -0.25) is 0 Å². The summed E-state index contributed by atoms with van der Waals surface area (Å²) in [5.74, 6) is 0.727. The predicted molar refractivity (Wildman–Crippen MR) is 55.0 cm³/mol. The molecule has 1 saturated carbocycles. The van der Waals surface area contributed by atoms with Crippen LogP contribution in [0.25, 0.3) is 0 Å². The van der Waals surface area contributed by atoms with Crippen LogP contribution in [0.2, 0.25) is 0 Å². The fourth-order valence-electron chi connectivity index (χ4n) is 3.18. The van der Waals surface area contributed by atoms with Crippen LogP contribution in [-0.2, 0) is 12.0 Å². The molecular formula is C11H17N3. The van der Waals surface area contributed by atoms with E-state index >= 15 is 0 Å². The molecule has 3 rings (SSSR count). The van der Waals surface area contributed by atoms with Gasteiger partial charge in [0.25, 0.3) is 0 Å². The summed E-state index contributed by atoms with van der Waals surface area (Å²) in [4.78, 5) is 7.80. The van der Waals surface area contributed by atoms with Gasteiger partial charge in [-0.1, -0.05) is 13.3 Å². The molecule has 1 aromatic heterocycles. The second kappa shape index (κ2) is 2.83. The third-order valence-corrected chi connectivity index (χ3v) is 4.01. The molecular weight excluding hydrogens is 174 g/mol. The Balaban J connectivity index is 2.10. The second-order valence-electron chi connectivity index (χ2n) is 4.67. The summed E-state index contributed by atoms with van der Waals surface area (Å²) in [6.07, 6.45) is 6.88. The Morgan fingerprint density at radius 2 is 2.50 bits per heavy atom. The molecule has 1 aliphatic carbocycles. The standard InChI is InChI=1S/C11H17N3/c1-8-3-2-5-11(8)10-9(4-6-14-11)12-7-13-10/h7-8,14H,2-6H2,1H3,(H,12,13). The van der Waals surface area contributed by atoms with E-state index in [1.165, 1.54) is 30.7 Å². The summed E-state index contributed by atoms with van der Waals surface area (Å²) in [5, 5.41) is 3.70. The first kappa shape index (κ1) is 8.48. The number of fused-ring (bicyclic) bond motifs is 2. The Morgan fingerprint density at radius 3 is 3.29 bits per heavy atom. The summed E-state index contributed by atoms with van der Waals surface area (Å²) >= 11 is 0. The minimum atomic E-state index is 0.202. The Labute approximate surface area is 84.3 Å². The van der Waals surface area contributed by atoms with Crippen LogP contribution in [0.5, 0.6) is 0 Å². The summed E-state index contributed by atoms with van der Waals surface area (Å²) in [6, 6.07) is 0. The Morgan fingerprint density at radius 1 is 1.57 bits per heavy atom. The zero-order chi connectivity index (χ0) is 9.60. The number of rotatable bonds is 0. The van der Waals surface area contributed by atoms with E-state index in [-0.39, 0.29) is 5.54 Å². The van der Waals surface area contributed by atoms with Gasteiger partial charge in [-0.05, 0) is 18.8 Å². The van der Waals surface area contributed by atoms with Crippen LogP contribution < -0.4 is 5.32 Å². The molecule has 14 heavy (non-hydrogen) atoms. The summed E-state index contributed by atoms with van der Waals surface area (Å²) in [6.45, 7) is 3.45. The van der Waals surface area contributed by atoms with Gasteiger partial charge in [0, 0.05) is 18.7 Å². The fourth-order valence-corrected chi connectivity index (χ4v) is 3.18. The molecule has 1 fully saturated rings. The zero-order valence-electron chi connectivity index (χ0n) is 8.64. The molecule has 0 saturated heterocycles. The lowest BCUT2D eigenvalue weighted by atomic mass is 9.81. The van der Waals surface area contributed by atoms with Gasteiger partial charge >= 0.3 is 0 Å². The minimum Gasteiger partial charge on any atom is -0.348 e. The Hall–Kier alpha value is -0.830. The highest BCUT2D eigenvalue weighted by molar-refractivity contribution is 5.27. The molecule has 1 aromatic rings. The molecule has 2 heterocycles. The van der Waals surface area contributed by atoms with Crippen molar-refractivity contribution in [1.29, 1.82) is 0 Å². The lowest BCUT2D eigenvalue weighted by Crippen LogP contribution is -2.49. The third-order valence-electron chi connectivity index (χ3n) is 4.01. The van der Waals surface area contributed by atoms with Crippen molar-refractivity contribution in [3.8, 4) is 0 Å². The lowest BCUT2D eigenvalue weighted by Gasteiger charge is -2.37. The van der Waals surface area contributed by atoms with E-state index in [9.17, 15) is 0 Å². The average molecular weight is 191 g/mol. The molecule has 0 aromatic carbocycles. The van der Waals surface area contributed by atoms with Gasteiger partial charge in [-0.2, -0.15) is 0 Å². The van der Waals surface area contributed by atoms with Gasteiger partial charge in [0.15, 0.2) is 0 Å². The Kier molecular flexibility index (Phi) is 1.71. The van der Waals surface area contributed by atoms with Crippen LogP contribution in [0.1, 0.15) is 37.6 Å². The van der Waals surface area contributed by atoms with Crippen molar-refractivity contribution in [3.63, 3.8) is 0 Å². The number of imidazole rings is 1. The fraction of sp³-hybridized carbons (Fsp3) is 0.727. The molecule has 1 spiro atoms. The van der Waals surface area contributed by atoms with Crippen molar-refractivity contribution in [2.75, 3.05) is 6.54 Å². The van der Waals surface area contributed by atoms with Gasteiger partial charge in [-0.15, -0.1) is 0 Å².